The zero-order valence-corrected chi connectivity index (χ0v) is 28.3. The molecule has 0 bridgehead atoms. The number of carbonyl (C=O) groups excluding carboxylic acids is 1. The van der Waals surface area contributed by atoms with Crippen molar-refractivity contribution in [3.8, 4) is 0 Å². The number of phosphoric acid groups is 1. The van der Waals surface area contributed by atoms with Gasteiger partial charge in [0.25, 0.3) is 0 Å². The van der Waals surface area contributed by atoms with E-state index in [4.69, 9.17) is 19.3 Å². The van der Waals surface area contributed by atoms with Gasteiger partial charge in [0.1, 0.15) is 6.61 Å². The van der Waals surface area contributed by atoms with Crippen molar-refractivity contribution in [3.05, 3.63) is 12.3 Å². The number of unbranched alkanes of at least 4 members (excludes halogenated alkanes) is 23. The van der Waals surface area contributed by atoms with Gasteiger partial charge in [0.2, 0.25) is 0 Å². The van der Waals surface area contributed by atoms with Crippen molar-refractivity contribution in [2.24, 2.45) is 0 Å². The molecular weight excluding hydrogens is 551 g/mol. The molecule has 0 heterocycles. The lowest BCUT2D eigenvalue weighted by atomic mass is 10.0. The minimum Gasteiger partial charge on any atom is -0.498 e. The number of rotatable bonds is 33. The molecule has 2 N–H and O–H groups in total. The van der Waals surface area contributed by atoms with Gasteiger partial charge in [0.15, 0.2) is 6.10 Å². The van der Waals surface area contributed by atoms with Crippen LogP contribution in [0.3, 0.4) is 0 Å². The molecule has 0 spiro atoms. The zero-order chi connectivity index (χ0) is 31.0. The highest BCUT2D eigenvalue weighted by atomic mass is 31.2. The van der Waals surface area contributed by atoms with E-state index < -0.39 is 20.5 Å². The maximum Gasteiger partial charge on any atom is 0.469 e. The Labute approximate surface area is 259 Å². The summed E-state index contributed by atoms with van der Waals surface area (Å²) in [6.07, 6.45) is 34.3. The second-order valence-electron chi connectivity index (χ2n) is 11.9. The monoisotopic (exact) mass is 618 g/mol. The van der Waals surface area contributed by atoms with Crippen LogP contribution < -0.4 is 0 Å². The molecule has 0 aliphatic rings. The molecule has 1 atom stereocenters. The van der Waals surface area contributed by atoms with Crippen LogP contribution in [-0.2, 0) is 23.4 Å². The van der Waals surface area contributed by atoms with Gasteiger partial charge in [-0.1, -0.05) is 155 Å². The number of hydrogen-bond acceptors (Lipinski definition) is 5. The van der Waals surface area contributed by atoms with Gasteiger partial charge in [-0.3, -0.25) is 9.32 Å². The molecule has 0 aromatic heterocycles. The highest BCUT2D eigenvalue weighted by molar-refractivity contribution is 7.46. The first-order valence-corrected chi connectivity index (χ1v) is 19.1. The van der Waals surface area contributed by atoms with Crippen LogP contribution in [0.4, 0.5) is 0 Å². The predicted molar refractivity (Wildman–Crippen MR) is 174 cm³/mol. The first-order valence-electron chi connectivity index (χ1n) is 17.5. The van der Waals surface area contributed by atoms with Crippen molar-refractivity contribution in [2.45, 2.75) is 187 Å². The molecule has 0 aliphatic carbocycles. The van der Waals surface area contributed by atoms with Crippen LogP contribution in [0, 0.1) is 0 Å². The van der Waals surface area contributed by atoms with Gasteiger partial charge in [-0.25, -0.2) is 4.57 Å². The fraction of sp³-hybridized carbons (Fsp3) is 0.912. The molecule has 0 fully saturated rings. The second kappa shape index (κ2) is 31.5. The van der Waals surface area contributed by atoms with Gasteiger partial charge < -0.3 is 19.3 Å². The van der Waals surface area contributed by atoms with Crippen LogP contribution in [0.25, 0.3) is 0 Å². The molecule has 0 radical (unpaired) electrons. The normalized spacial score (nSPS) is 12.7. The van der Waals surface area contributed by atoms with Crippen molar-refractivity contribution in [1.82, 2.24) is 0 Å². The molecule has 7 nitrogen and oxygen atoms in total. The van der Waals surface area contributed by atoms with Gasteiger partial charge in [0.05, 0.1) is 12.9 Å². The number of ether oxygens (including phenoxy) is 2. The molecule has 0 aromatic carbocycles. The Bertz CT molecular complexity index is 650. The molecule has 0 aliphatic heterocycles. The minimum atomic E-state index is -4.65. The molecule has 250 valence electrons. The minimum absolute atomic E-state index is 0.000864. The third-order valence-corrected chi connectivity index (χ3v) is 8.15. The third-order valence-electron chi connectivity index (χ3n) is 7.66. The third kappa shape index (κ3) is 33.6. The largest absolute Gasteiger partial charge is 0.498 e. The van der Waals surface area contributed by atoms with E-state index >= 15 is 0 Å². The summed E-state index contributed by atoms with van der Waals surface area (Å²) in [5.74, 6) is -0.384. The van der Waals surface area contributed by atoms with Gasteiger partial charge >= 0.3 is 13.8 Å². The summed E-state index contributed by atoms with van der Waals surface area (Å²) in [5.41, 5.74) is 0. The topological polar surface area (TPSA) is 102 Å². The molecule has 42 heavy (non-hydrogen) atoms. The van der Waals surface area contributed by atoms with Crippen LogP contribution in [0.5, 0.6) is 0 Å². The Morgan fingerprint density at radius 2 is 1.02 bits per heavy atom. The van der Waals surface area contributed by atoms with Gasteiger partial charge in [-0.2, -0.15) is 0 Å². The van der Waals surface area contributed by atoms with Crippen molar-refractivity contribution < 1.29 is 33.1 Å². The Morgan fingerprint density at radius 1 is 0.619 bits per heavy atom. The summed E-state index contributed by atoms with van der Waals surface area (Å²) in [6, 6.07) is 0. The maximum atomic E-state index is 12.3. The molecule has 0 unspecified atom stereocenters. The van der Waals surface area contributed by atoms with E-state index in [9.17, 15) is 9.36 Å². The van der Waals surface area contributed by atoms with E-state index in [-0.39, 0.29) is 12.6 Å². The lowest BCUT2D eigenvalue weighted by Gasteiger charge is -2.18. The second-order valence-corrected chi connectivity index (χ2v) is 13.2. The summed E-state index contributed by atoms with van der Waals surface area (Å²) >= 11 is 0. The summed E-state index contributed by atoms with van der Waals surface area (Å²) < 4.78 is 26.6. The number of esters is 1. The molecule has 0 saturated carbocycles. The van der Waals surface area contributed by atoms with Crippen molar-refractivity contribution >= 4 is 13.8 Å². The van der Waals surface area contributed by atoms with E-state index in [2.05, 4.69) is 18.4 Å². The number of carbonyl (C=O) groups is 1. The summed E-state index contributed by atoms with van der Waals surface area (Å²) in [4.78, 5) is 30.4. The van der Waals surface area contributed by atoms with Crippen molar-refractivity contribution in [3.63, 3.8) is 0 Å². The van der Waals surface area contributed by atoms with E-state index in [0.29, 0.717) is 6.42 Å². The highest BCUT2D eigenvalue weighted by Crippen LogP contribution is 2.35. The predicted octanol–water partition coefficient (Wildman–Crippen LogP) is 10.7. The fourth-order valence-corrected chi connectivity index (χ4v) is 5.41. The van der Waals surface area contributed by atoms with E-state index in [1.807, 2.05) is 6.08 Å². The molecular formula is C34H67O7P. The first-order chi connectivity index (χ1) is 20.4. The smallest absolute Gasteiger partial charge is 0.469 e. The van der Waals surface area contributed by atoms with Gasteiger partial charge in [0, 0.05) is 6.42 Å². The van der Waals surface area contributed by atoms with Crippen LogP contribution in [-0.4, -0.2) is 35.1 Å². The lowest BCUT2D eigenvalue weighted by molar-refractivity contribution is -0.153. The summed E-state index contributed by atoms with van der Waals surface area (Å²) in [7, 11) is -4.65. The number of allylic oxidation sites excluding steroid dienone is 1. The van der Waals surface area contributed by atoms with E-state index in [1.54, 1.807) is 6.26 Å². The fourth-order valence-electron chi connectivity index (χ4n) is 5.05. The molecule has 8 heteroatoms. The van der Waals surface area contributed by atoms with E-state index in [1.165, 1.54) is 128 Å². The Morgan fingerprint density at radius 3 is 1.45 bits per heavy atom. The van der Waals surface area contributed by atoms with Gasteiger partial charge in [-0.15, -0.1) is 0 Å². The quantitative estimate of drug-likeness (QED) is 0.0326. The average molecular weight is 619 g/mol. The van der Waals surface area contributed by atoms with Crippen LogP contribution in [0.15, 0.2) is 12.3 Å². The van der Waals surface area contributed by atoms with E-state index in [0.717, 1.165) is 32.1 Å². The SMILES string of the molecule is CCCCCCCCCCCCCC/C=C\OC[C@H](COP(=O)(O)O)OC(=O)CCCCCCCCCCCCCC. The van der Waals surface area contributed by atoms with Crippen LogP contribution in [0.1, 0.15) is 181 Å². The Hall–Kier alpha value is -0.880. The summed E-state index contributed by atoms with van der Waals surface area (Å²) in [5, 5.41) is 0. The Kier molecular flexibility index (Phi) is 30.9. The van der Waals surface area contributed by atoms with Crippen molar-refractivity contribution in [1.29, 1.82) is 0 Å². The number of phosphoric ester groups is 1. The zero-order valence-electron chi connectivity index (χ0n) is 27.4. The lowest BCUT2D eigenvalue weighted by Crippen LogP contribution is -2.27. The molecule has 0 amide bonds. The van der Waals surface area contributed by atoms with Gasteiger partial charge in [-0.05, 0) is 25.3 Å². The molecule has 0 saturated heterocycles. The van der Waals surface area contributed by atoms with Crippen LogP contribution >= 0.6 is 7.82 Å². The maximum absolute atomic E-state index is 12.3. The Balaban J connectivity index is 3.89. The standard InChI is InChI=1S/C34H67O7P/c1-3-5-7-9-11-13-15-17-18-20-22-24-26-28-30-39-31-33(32-40-42(36,37)38)41-34(35)29-27-25-23-21-19-16-14-12-10-8-6-4-2/h28,30,33H,3-27,29,31-32H2,1-2H3,(H2,36,37,38)/b30-28-/t33-/m1/s1. The number of hydrogen-bond donors (Lipinski definition) is 2. The molecule has 0 aromatic rings. The van der Waals surface area contributed by atoms with Crippen molar-refractivity contribution in [2.75, 3.05) is 13.2 Å². The first kappa shape index (κ1) is 41.1. The average Bonchev–Trinajstić information content (AvgIpc) is 2.95. The summed E-state index contributed by atoms with van der Waals surface area (Å²) in [6.45, 7) is 4.10. The highest BCUT2D eigenvalue weighted by Gasteiger charge is 2.21. The molecule has 0 rings (SSSR count). The van der Waals surface area contributed by atoms with Crippen LogP contribution in [0.2, 0.25) is 0 Å².